The molecule has 0 bridgehead atoms. The van der Waals surface area contributed by atoms with E-state index in [0.717, 1.165) is 0 Å². The molecule has 1 fully saturated rings. The molecule has 1 aliphatic heterocycles. The smallest absolute Gasteiger partial charge is 0.790 e. The fourth-order valence-corrected chi connectivity index (χ4v) is 4.17. The van der Waals surface area contributed by atoms with Crippen molar-refractivity contribution in [3.63, 3.8) is 0 Å². The number of rotatable bonds is 6. The average molecular weight is 528 g/mol. The van der Waals surface area contributed by atoms with Gasteiger partial charge in [0, 0.05) is 0 Å². The molecule has 1 saturated heterocycles. The van der Waals surface area contributed by atoms with Crippen LogP contribution in [0.4, 0.5) is 5.82 Å². The molecule has 15 nitrogen and oxygen atoms in total. The Labute approximate surface area is 245 Å². The SMILES string of the molecule is Nc1nc(Cl)nc2c1ncn2[C@@H]1O[C@H](COP(=O)([O-])OP(=O)([O-])[O-])C(O)[C@@H]1O.[Na+].[Na+].[Na+]. The van der Waals surface area contributed by atoms with Crippen LogP contribution in [-0.2, 0) is 22.7 Å². The maximum absolute atomic E-state index is 11.3. The van der Waals surface area contributed by atoms with E-state index in [9.17, 15) is 34.0 Å². The fraction of sp³-hybridized carbons (Fsp3) is 0.500. The van der Waals surface area contributed by atoms with Crippen molar-refractivity contribution < 1.29 is 136 Å². The Morgan fingerprint density at radius 1 is 1.19 bits per heavy atom. The molecule has 4 N–H and O–H groups in total. The van der Waals surface area contributed by atoms with Gasteiger partial charge in [0.1, 0.15) is 23.8 Å². The normalized spacial score (nSPS) is 25.2. The van der Waals surface area contributed by atoms with Gasteiger partial charge in [0.25, 0.3) is 7.82 Å². The van der Waals surface area contributed by atoms with Crippen LogP contribution in [0.2, 0.25) is 5.28 Å². The first kappa shape index (κ1) is 32.8. The molecule has 156 valence electrons. The number of imidazole rings is 1. The summed E-state index contributed by atoms with van der Waals surface area (Å²) in [6.07, 6.45) is -4.85. The average Bonchev–Trinajstić information content (AvgIpc) is 3.06. The summed E-state index contributed by atoms with van der Waals surface area (Å²) in [5.41, 5.74) is 5.86. The predicted molar refractivity (Wildman–Crippen MR) is 82.9 cm³/mol. The zero-order valence-corrected chi connectivity index (χ0v) is 24.9. The Balaban J connectivity index is 0.00000300. The first-order valence-electron chi connectivity index (χ1n) is 7.24. The van der Waals surface area contributed by atoms with E-state index in [1.807, 2.05) is 0 Å². The number of aromatic nitrogens is 4. The molecule has 21 heteroatoms. The minimum absolute atomic E-state index is 0. The van der Waals surface area contributed by atoms with Crippen LogP contribution >= 0.6 is 27.2 Å². The number of halogens is 1. The van der Waals surface area contributed by atoms with Crippen molar-refractivity contribution in [2.24, 2.45) is 0 Å². The number of nitrogens with zero attached hydrogens (tertiary/aromatic N) is 4. The van der Waals surface area contributed by atoms with Crippen LogP contribution < -0.4 is 109 Å². The van der Waals surface area contributed by atoms with Crippen LogP contribution in [0.3, 0.4) is 0 Å². The fourth-order valence-electron chi connectivity index (χ4n) is 2.50. The van der Waals surface area contributed by atoms with Crippen molar-refractivity contribution in [1.29, 1.82) is 0 Å². The van der Waals surface area contributed by atoms with E-state index in [-0.39, 0.29) is 111 Å². The third-order valence-electron chi connectivity index (χ3n) is 3.63. The maximum atomic E-state index is 11.3. The number of ether oxygens (including phenoxy) is 1. The van der Waals surface area contributed by atoms with Gasteiger partial charge in [-0.3, -0.25) is 13.4 Å². The van der Waals surface area contributed by atoms with Gasteiger partial charge in [0.2, 0.25) is 5.28 Å². The number of nitrogens with two attached hydrogens (primary N) is 1. The second kappa shape index (κ2) is 12.7. The van der Waals surface area contributed by atoms with Gasteiger partial charge in [-0.1, -0.05) is 0 Å². The van der Waals surface area contributed by atoms with Crippen LogP contribution in [0.25, 0.3) is 11.2 Å². The largest absolute Gasteiger partial charge is 1.00 e. The van der Waals surface area contributed by atoms with E-state index in [4.69, 9.17) is 22.1 Å². The molecule has 3 heterocycles. The summed E-state index contributed by atoms with van der Waals surface area (Å²) < 4.78 is 35.7. The molecule has 31 heavy (non-hydrogen) atoms. The van der Waals surface area contributed by atoms with Crippen molar-refractivity contribution >= 4 is 44.2 Å². The molecule has 5 atom stereocenters. The van der Waals surface area contributed by atoms with Crippen molar-refractivity contribution in [2.45, 2.75) is 24.5 Å². The molecule has 2 unspecified atom stereocenters. The minimum atomic E-state index is -5.87. The number of phosphoric ester groups is 1. The Morgan fingerprint density at radius 2 is 1.81 bits per heavy atom. The third kappa shape index (κ3) is 8.16. The van der Waals surface area contributed by atoms with Crippen molar-refractivity contribution in [2.75, 3.05) is 12.3 Å². The van der Waals surface area contributed by atoms with E-state index >= 15 is 0 Å². The first-order chi connectivity index (χ1) is 12.9. The van der Waals surface area contributed by atoms with Crippen LogP contribution in [-0.4, -0.2) is 54.7 Å². The number of fused-ring (bicyclic) bond motifs is 1. The van der Waals surface area contributed by atoms with Gasteiger partial charge in [-0.25, -0.2) is 4.98 Å². The molecule has 0 aliphatic carbocycles. The summed E-state index contributed by atoms with van der Waals surface area (Å²) in [4.78, 5) is 43.6. The third-order valence-corrected chi connectivity index (χ3v) is 5.86. The number of aliphatic hydroxyl groups excluding tert-OH is 2. The number of phosphoric acid groups is 2. The van der Waals surface area contributed by atoms with Gasteiger partial charge in [-0.2, -0.15) is 9.97 Å². The molecule has 0 spiro atoms. The van der Waals surface area contributed by atoms with E-state index in [1.54, 1.807) is 0 Å². The molecule has 0 saturated carbocycles. The van der Waals surface area contributed by atoms with E-state index in [0.29, 0.717) is 0 Å². The molecule has 3 rings (SSSR count). The monoisotopic (exact) mass is 527 g/mol. The maximum Gasteiger partial charge on any atom is 1.00 e. The van der Waals surface area contributed by atoms with Crippen LogP contribution in [0.5, 0.6) is 0 Å². The van der Waals surface area contributed by atoms with Crippen molar-refractivity contribution in [3.05, 3.63) is 11.6 Å². The van der Waals surface area contributed by atoms with E-state index < -0.39 is 46.8 Å². The molecule has 0 radical (unpaired) electrons. The van der Waals surface area contributed by atoms with Gasteiger partial charge in [-0.05, 0) is 11.6 Å². The summed E-state index contributed by atoms with van der Waals surface area (Å²) in [5, 5.41) is 20.0. The Hall–Kier alpha value is 1.78. The predicted octanol–water partition coefficient (Wildman–Crippen LogP) is -12.0. The van der Waals surface area contributed by atoms with Crippen LogP contribution in [0.15, 0.2) is 6.33 Å². The number of hydrogen-bond donors (Lipinski definition) is 3. The van der Waals surface area contributed by atoms with Gasteiger partial charge >= 0.3 is 88.7 Å². The number of aliphatic hydroxyl groups is 2. The van der Waals surface area contributed by atoms with Gasteiger partial charge in [0.05, 0.1) is 20.8 Å². The standard InChI is InChI=1S/C10H14ClN5O10P2.3Na/c11-10-14-7(12)4-8(15-10)16(2-13-4)9-6(18)5(17)3(25-9)1-24-28(22,23)26-27(19,20)21;;;/h2-3,5-6,9,17-18H,1H2,(H,22,23)(H2,12,14,15)(H2,19,20,21);;;/q;3*+1/p-3/t3-,5?,6+,9-;;;/m1.../s1. The van der Waals surface area contributed by atoms with E-state index in [2.05, 4.69) is 23.8 Å². The second-order valence-corrected chi connectivity index (χ2v) is 8.56. The number of hydrogen-bond acceptors (Lipinski definition) is 14. The summed E-state index contributed by atoms with van der Waals surface area (Å²) in [7, 11) is -11.4. The van der Waals surface area contributed by atoms with E-state index in [1.165, 1.54) is 10.9 Å². The molecule has 2 aromatic heterocycles. The Kier molecular flexibility index (Phi) is 13.4. The zero-order chi connectivity index (χ0) is 20.9. The van der Waals surface area contributed by atoms with Gasteiger partial charge in [-0.15, -0.1) is 0 Å². The quantitative estimate of drug-likeness (QED) is 0.179. The van der Waals surface area contributed by atoms with Crippen molar-refractivity contribution in [1.82, 2.24) is 19.5 Å². The van der Waals surface area contributed by atoms with Crippen LogP contribution in [0, 0.1) is 0 Å². The molecular weight excluding hydrogens is 517 g/mol. The summed E-state index contributed by atoms with van der Waals surface area (Å²) in [5.74, 6) is -0.0502. The Bertz CT molecular complexity index is 997. The molecule has 0 amide bonds. The summed E-state index contributed by atoms with van der Waals surface area (Å²) in [6, 6.07) is 0. The Morgan fingerprint density at radius 3 is 2.39 bits per heavy atom. The number of anilines is 1. The number of nitrogen functional groups attached to an aromatic ring is 1. The van der Waals surface area contributed by atoms with Gasteiger partial charge in [0.15, 0.2) is 17.7 Å². The molecule has 1 aliphatic rings. The summed E-state index contributed by atoms with van der Waals surface area (Å²) >= 11 is 5.74. The van der Waals surface area contributed by atoms with Gasteiger partial charge < -0.3 is 44.5 Å². The molecule has 0 aromatic carbocycles. The molecule has 2 aromatic rings. The summed E-state index contributed by atoms with van der Waals surface area (Å²) in [6.45, 7) is -0.958. The first-order valence-corrected chi connectivity index (χ1v) is 10.5. The van der Waals surface area contributed by atoms with Crippen LogP contribution in [0.1, 0.15) is 6.23 Å². The van der Waals surface area contributed by atoms with Crippen molar-refractivity contribution in [3.8, 4) is 0 Å². The minimum Gasteiger partial charge on any atom is -0.790 e. The molecular formula is C10H11ClN5Na3O10P2. The topological polar surface area (TPSA) is 241 Å². The zero-order valence-electron chi connectivity index (χ0n) is 16.4. The second-order valence-electron chi connectivity index (χ2n) is 5.52.